The highest BCUT2D eigenvalue weighted by Crippen LogP contribution is 2.26. The number of hydrogen-bond donors (Lipinski definition) is 1. The third kappa shape index (κ3) is 4.25. The number of anilines is 1. The Hall–Kier alpha value is -1.47. The molecule has 112 valence electrons. The molecule has 0 saturated heterocycles. The third-order valence-electron chi connectivity index (χ3n) is 2.54. The number of halogens is 1. The van der Waals surface area contributed by atoms with E-state index in [4.69, 9.17) is 4.74 Å². The molecule has 0 bridgehead atoms. The number of aryl methyl sites for hydroxylation is 1. The van der Waals surface area contributed by atoms with Gasteiger partial charge in [0.2, 0.25) is 5.13 Å². The lowest BCUT2D eigenvalue weighted by Gasteiger charge is -2.13. The van der Waals surface area contributed by atoms with E-state index in [1.165, 1.54) is 11.3 Å². The van der Waals surface area contributed by atoms with Gasteiger partial charge in [-0.15, -0.1) is 10.2 Å². The number of ether oxygens (including phenoxy) is 1. The summed E-state index contributed by atoms with van der Waals surface area (Å²) in [6.07, 6.45) is 0.789. The van der Waals surface area contributed by atoms with Gasteiger partial charge in [-0.1, -0.05) is 34.2 Å². The van der Waals surface area contributed by atoms with Gasteiger partial charge in [-0.25, -0.2) is 0 Å². The minimum Gasteiger partial charge on any atom is -0.490 e. The summed E-state index contributed by atoms with van der Waals surface area (Å²) >= 11 is 4.74. The fraction of sp³-hybridized carbons (Fsp3) is 0.357. The van der Waals surface area contributed by atoms with Crippen molar-refractivity contribution in [3.8, 4) is 5.75 Å². The molecule has 2 aromatic rings. The first-order valence-corrected chi connectivity index (χ1v) is 8.20. The van der Waals surface area contributed by atoms with E-state index >= 15 is 0 Å². The van der Waals surface area contributed by atoms with Gasteiger partial charge in [0.25, 0.3) is 5.91 Å². The van der Waals surface area contributed by atoms with Crippen molar-refractivity contribution in [2.24, 2.45) is 0 Å². The lowest BCUT2D eigenvalue weighted by molar-refractivity contribution is 0.102. The van der Waals surface area contributed by atoms with Crippen LogP contribution < -0.4 is 10.1 Å². The molecule has 0 atom stereocenters. The van der Waals surface area contributed by atoms with Gasteiger partial charge in [0.15, 0.2) is 0 Å². The molecule has 0 saturated carbocycles. The fourth-order valence-electron chi connectivity index (χ4n) is 1.65. The smallest absolute Gasteiger partial charge is 0.261 e. The topological polar surface area (TPSA) is 64.1 Å². The van der Waals surface area contributed by atoms with Gasteiger partial charge in [0.05, 0.1) is 11.7 Å². The molecule has 1 amide bonds. The van der Waals surface area contributed by atoms with Crippen molar-refractivity contribution in [2.75, 3.05) is 5.32 Å². The Kier molecular flexibility index (Phi) is 5.30. The molecule has 0 aliphatic heterocycles. The average molecular weight is 370 g/mol. The molecule has 1 N–H and O–H groups in total. The maximum absolute atomic E-state index is 12.4. The van der Waals surface area contributed by atoms with Crippen molar-refractivity contribution in [3.63, 3.8) is 0 Å². The zero-order chi connectivity index (χ0) is 15.4. The van der Waals surface area contributed by atoms with E-state index < -0.39 is 0 Å². The van der Waals surface area contributed by atoms with E-state index in [2.05, 4.69) is 31.4 Å². The van der Waals surface area contributed by atoms with E-state index in [0.29, 0.717) is 16.4 Å². The first-order chi connectivity index (χ1) is 9.99. The third-order valence-corrected chi connectivity index (χ3v) is 4.01. The molecule has 1 aromatic heterocycles. The lowest BCUT2D eigenvalue weighted by atomic mass is 10.2. The largest absolute Gasteiger partial charge is 0.490 e. The molecule has 0 aliphatic rings. The SMILES string of the molecule is CCc1nnc(NC(=O)c2cc(Br)ccc2OC(C)C)s1. The van der Waals surface area contributed by atoms with Gasteiger partial charge >= 0.3 is 0 Å². The number of nitrogens with one attached hydrogen (secondary N) is 1. The first kappa shape index (κ1) is 15.9. The van der Waals surface area contributed by atoms with Gasteiger partial charge in [0, 0.05) is 4.47 Å². The second-order valence-corrected chi connectivity index (χ2v) is 6.59. The first-order valence-electron chi connectivity index (χ1n) is 6.59. The molecule has 0 radical (unpaired) electrons. The number of hydrogen-bond acceptors (Lipinski definition) is 5. The van der Waals surface area contributed by atoms with Gasteiger partial charge in [-0.3, -0.25) is 10.1 Å². The van der Waals surface area contributed by atoms with Crippen molar-refractivity contribution in [2.45, 2.75) is 33.3 Å². The molecule has 1 aromatic carbocycles. The maximum Gasteiger partial charge on any atom is 0.261 e. The summed E-state index contributed by atoms with van der Waals surface area (Å²) in [5.74, 6) is 0.289. The number of amides is 1. The van der Waals surface area contributed by atoms with Crippen LogP contribution in [-0.2, 0) is 6.42 Å². The Morgan fingerprint density at radius 1 is 1.43 bits per heavy atom. The van der Waals surface area contributed by atoms with Crippen LogP contribution in [0, 0.1) is 0 Å². The number of carbonyl (C=O) groups is 1. The van der Waals surface area contributed by atoms with Gasteiger partial charge in [-0.2, -0.15) is 0 Å². The van der Waals surface area contributed by atoms with Crippen LogP contribution in [0.25, 0.3) is 0 Å². The highest BCUT2D eigenvalue weighted by Gasteiger charge is 2.16. The molecular formula is C14H16BrN3O2S. The van der Waals surface area contributed by atoms with E-state index in [9.17, 15) is 4.79 Å². The summed E-state index contributed by atoms with van der Waals surface area (Å²) in [7, 11) is 0. The molecule has 5 nitrogen and oxygen atoms in total. The number of benzene rings is 1. The number of aromatic nitrogens is 2. The average Bonchev–Trinajstić information content (AvgIpc) is 2.88. The minimum absolute atomic E-state index is 0.00838. The maximum atomic E-state index is 12.4. The Bertz CT molecular complexity index is 643. The van der Waals surface area contributed by atoms with Crippen LogP contribution in [0.1, 0.15) is 36.1 Å². The van der Waals surface area contributed by atoms with Crippen molar-refractivity contribution >= 4 is 38.3 Å². The highest BCUT2D eigenvalue weighted by atomic mass is 79.9. The Morgan fingerprint density at radius 2 is 2.19 bits per heavy atom. The molecule has 2 rings (SSSR count). The van der Waals surface area contributed by atoms with Crippen LogP contribution in [0.5, 0.6) is 5.75 Å². The summed E-state index contributed by atoms with van der Waals surface area (Å²) in [4.78, 5) is 12.4. The van der Waals surface area contributed by atoms with E-state index in [1.807, 2.05) is 26.8 Å². The highest BCUT2D eigenvalue weighted by molar-refractivity contribution is 9.10. The second kappa shape index (κ2) is 7.00. The molecule has 21 heavy (non-hydrogen) atoms. The number of carbonyl (C=O) groups excluding carboxylic acids is 1. The normalized spacial score (nSPS) is 10.7. The monoisotopic (exact) mass is 369 g/mol. The van der Waals surface area contributed by atoms with Crippen LogP contribution >= 0.6 is 27.3 Å². The lowest BCUT2D eigenvalue weighted by Crippen LogP contribution is -2.15. The molecular weight excluding hydrogens is 354 g/mol. The summed E-state index contributed by atoms with van der Waals surface area (Å²) in [5, 5.41) is 12.1. The zero-order valence-electron chi connectivity index (χ0n) is 12.0. The number of nitrogens with zero attached hydrogens (tertiary/aromatic N) is 2. The Balaban J connectivity index is 2.22. The quantitative estimate of drug-likeness (QED) is 0.867. The molecule has 0 unspecified atom stereocenters. The van der Waals surface area contributed by atoms with Crippen LogP contribution in [0.4, 0.5) is 5.13 Å². The van der Waals surface area contributed by atoms with Crippen molar-refractivity contribution in [3.05, 3.63) is 33.2 Å². The van der Waals surface area contributed by atoms with Crippen molar-refractivity contribution in [1.29, 1.82) is 0 Å². The van der Waals surface area contributed by atoms with E-state index in [-0.39, 0.29) is 12.0 Å². The molecule has 0 aliphatic carbocycles. The Morgan fingerprint density at radius 3 is 2.81 bits per heavy atom. The molecule has 1 heterocycles. The van der Waals surface area contributed by atoms with Crippen LogP contribution in [0.2, 0.25) is 0 Å². The predicted molar refractivity (Wildman–Crippen MR) is 87.1 cm³/mol. The van der Waals surface area contributed by atoms with Crippen LogP contribution in [0.3, 0.4) is 0 Å². The summed E-state index contributed by atoms with van der Waals surface area (Å²) < 4.78 is 6.49. The summed E-state index contributed by atoms with van der Waals surface area (Å²) in [6, 6.07) is 5.35. The second-order valence-electron chi connectivity index (χ2n) is 4.62. The predicted octanol–water partition coefficient (Wildman–Crippen LogP) is 3.90. The van der Waals surface area contributed by atoms with Crippen LogP contribution in [0.15, 0.2) is 22.7 Å². The van der Waals surface area contributed by atoms with Gasteiger partial charge < -0.3 is 4.74 Å². The number of rotatable bonds is 5. The fourth-order valence-corrected chi connectivity index (χ4v) is 2.68. The molecule has 0 spiro atoms. The van der Waals surface area contributed by atoms with Crippen LogP contribution in [-0.4, -0.2) is 22.2 Å². The van der Waals surface area contributed by atoms with Gasteiger partial charge in [0.1, 0.15) is 10.8 Å². The Labute approximate surface area is 135 Å². The molecule has 0 fully saturated rings. The van der Waals surface area contributed by atoms with E-state index in [0.717, 1.165) is 15.9 Å². The van der Waals surface area contributed by atoms with Crippen molar-refractivity contribution in [1.82, 2.24) is 10.2 Å². The van der Waals surface area contributed by atoms with Crippen molar-refractivity contribution < 1.29 is 9.53 Å². The zero-order valence-corrected chi connectivity index (χ0v) is 14.4. The molecule has 7 heteroatoms. The summed E-state index contributed by atoms with van der Waals surface area (Å²) in [6.45, 7) is 5.83. The van der Waals surface area contributed by atoms with E-state index in [1.54, 1.807) is 12.1 Å². The summed E-state index contributed by atoms with van der Waals surface area (Å²) in [5.41, 5.74) is 0.464. The standard InChI is InChI=1S/C14H16BrN3O2S/c1-4-12-17-18-14(21-12)16-13(19)10-7-9(15)5-6-11(10)20-8(2)3/h5-8H,4H2,1-3H3,(H,16,18,19). The van der Waals surface area contributed by atoms with Gasteiger partial charge in [-0.05, 0) is 38.5 Å². The minimum atomic E-state index is -0.259.